The summed E-state index contributed by atoms with van der Waals surface area (Å²) >= 11 is 0. The van der Waals surface area contributed by atoms with Crippen molar-refractivity contribution in [2.24, 2.45) is 0 Å². The number of aromatic nitrogens is 1. The molecule has 1 aromatic heterocycles. The number of nitrogens with one attached hydrogen (secondary N) is 1. The summed E-state index contributed by atoms with van der Waals surface area (Å²) < 4.78 is 36.9. The van der Waals surface area contributed by atoms with E-state index in [0.717, 1.165) is 0 Å². The number of aryl methyl sites for hydroxylation is 2. The highest BCUT2D eigenvalue weighted by atomic mass is 32.2. The minimum Gasteiger partial charge on any atom is -0.365 e. The largest absolute Gasteiger partial charge is 0.365 e. The van der Waals surface area contributed by atoms with E-state index in [0.29, 0.717) is 12.2 Å². The van der Waals surface area contributed by atoms with Gasteiger partial charge in [-0.15, -0.1) is 0 Å². The topological polar surface area (TPSA) is 102 Å². The molecule has 1 aromatic rings. The molecule has 1 fully saturated rings. The van der Waals surface area contributed by atoms with Crippen LogP contribution in [0.1, 0.15) is 11.5 Å². The zero-order chi connectivity index (χ0) is 14.9. The van der Waals surface area contributed by atoms with Crippen LogP contribution in [0.15, 0.2) is 9.42 Å². The molecule has 0 saturated carbocycles. The lowest BCUT2D eigenvalue weighted by molar-refractivity contribution is -0.146. The second-order valence-corrected chi connectivity index (χ2v) is 6.42. The molecule has 20 heavy (non-hydrogen) atoms. The van der Waals surface area contributed by atoms with Gasteiger partial charge in [-0.2, -0.15) is 0 Å². The fourth-order valence-electron chi connectivity index (χ4n) is 2.02. The first kappa shape index (κ1) is 14.9. The molecule has 0 bridgehead atoms. The minimum absolute atomic E-state index is 0.0335. The molecule has 1 saturated heterocycles. The third-order valence-corrected chi connectivity index (χ3v) is 4.75. The van der Waals surface area contributed by atoms with Crippen LogP contribution in [0.2, 0.25) is 0 Å². The van der Waals surface area contributed by atoms with Gasteiger partial charge in [0.15, 0.2) is 5.76 Å². The Morgan fingerprint density at radius 2 is 2.15 bits per heavy atom. The summed E-state index contributed by atoms with van der Waals surface area (Å²) in [7, 11) is -2.04. The van der Waals surface area contributed by atoms with Gasteiger partial charge in [-0.05, 0) is 13.8 Å². The van der Waals surface area contributed by atoms with Crippen molar-refractivity contribution in [2.45, 2.75) is 24.8 Å². The molecule has 8 nitrogen and oxygen atoms in total. The molecule has 0 aliphatic carbocycles. The molecule has 2 rings (SSSR count). The summed E-state index contributed by atoms with van der Waals surface area (Å²) in [5.41, 5.74) is 0.312. The van der Waals surface area contributed by atoms with Gasteiger partial charge >= 0.3 is 0 Å². The maximum Gasteiger partial charge on any atom is 0.248 e. The number of carbonyl (C=O) groups excluding carboxylic acids is 1. The fraction of sp³-hybridized carbons (Fsp3) is 0.636. The molecule has 0 aromatic carbocycles. The van der Waals surface area contributed by atoms with E-state index in [9.17, 15) is 13.2 Å². The van der Waals surface area contributed by atoms with Crippen molar-refractivity contribution >= 4 is 15.9 Å². The Morgan fingerprint density at radius 3 is 2.70 bits per heavy atom. The van der Waals surface area contributed by atoms with Gasteiger partial charge in [0.2, 0.25) is 15.9 Å². The van der Waals surface area contributed by atoms with Crippen LogP contribution >= 0.6 is 0 Å². The first-order valence-corrected chi connectivity index (χ1v) is 7.57. The summed E-state index contributed by atoms with van der Waals surface area (Å²) in [6.07, 6.45) is -0.368. The average Bonchev–Trinajstić information content (AvgIpc) is 2.71. The Bertz CT molecular complexity index is 590. The van der Waals surface area contributed by atoms with Crippen molar-refractivity contribution in [3.63, 3.8) is 0 Å². The van der Waals surface area contributed by atoms with Crippen molar-refractivity contribution < 1.29 is 22.5 Å². The standard InChI is InChI=1S/C11H17N3O5S/c1-7-11(8(2)19-13-7)20(16,17)12-4-9-5-14(3)10(15)6-18-9/h9,12H,4-6H2,1-3H3. The van der Waals surface area contributed by atoms with Gasteiger partial charge in [0, 0.05) is 20.1 Å². The predicted octanol–water partition coefficient (Wildman–Crippen LogP) is -0.573. The Hall–Kier alpha value is -1.45. The van der Waals surface area contributed by atoms with Gasteiger partial charge in [-0.3, -0.25) is 4.79 Å². The zero-order valence-corrected chi connectivity index (χ0v) is 12.4. The zero-order valence-electron chi connectivity index (χ0n) is 11.5. The smallest absolute Gasteiger partial charge is 0.248 e. The highest BCUT2D eigenvalue weighted by Gasteiger charge is 2.28. The summed E-state index contributed by atoms with van der Waals surface area (Å²) in [5.74, 6) is 0.127. The third kappa shape index (κ3) is 3.00. The van der Waals surface area contributed by atoms with Crippen molar-refractivity contribution in [3.05, 3.63) is 11.5 Å². The molecule has 0 spiro atoms. The third-order valence-electron chi connectivity index (χ3n) is 3.08. The number of carbonyl (C=O) groups is 1. The van der Waals surface area contributed by atoms with Crippen LogP contribution in [-0.4, -0.2) is 57.2 Å². The Morgan fingerprint density at radius 1 is 1.45 bits per heavy atom. The van der Waals surface area contributed by atoms with Gasteiger partial charge < -0.3 is 14.2 Å². The average molecular weight is 303 g/mol. The molecule has 1 N–H and O–H groups in total. The van der Waals surface area contributed by atoms with Gasteiger partial charge in [-0.1, -0.05) is 5.16 Å². The first-order chi connectivity index (χ1) is 9.31. The number of amides is 1. The first-order valence-electron chi connectivity index (χ1n) is 6.09. The Labute approximate surface area is 117 Å². The molecule has 1 aliphatic heterocycles. The van der Waals surface area contributed by atoms with Crippen molar-refractivity contribution in [3.8, 4) is 0 Å². The molecule has 1 atom stereocenters. The Kier molecular flexibility index (Phi) is 4.11. The maximum absolute atomic E-state index is 12.2. The summed E-state index contributed by atoms with van der Waals surface area (Å²) in [6.45, 7) is 3.51. The number of ether oxygens (including phenoxy) is 1. The highest BCUT2D eigenvalue weighted by molar-refractivity contribution is 7.89. The van der Waals surface area contributed by atoms with E-state index in [1.165, 1.54) is 11.8 Å². The van der Waals surface area contributed by atoms with E-state index in [4.69, 9.17) is 9.26 Å². The van der Waals surface area contributed by atoms with Crippen molar-refractivity contribution in [1.82, 2.24) is 14.8 Å². The van der Waals surface area contributed by atoms with E-state index in [1.807, 2.05) is 0 Å². The minimum atomic E-state index is -3.70. The molecule has 1 amide bonds. The maximum atomic E-state index is 12.2. The van der Waals surface area contributed by atoms with Gasteiger partial charge in [0.05, 0.1) is 6.10 Å². The number of nitrogens with zero attached hydrogens (tertiary/aromatic N) is 2. The van der Waals surface area contributed by atoms with E-state index < -0.39 is 10.0 Å². The number of hydrogen-bond acceptors (Lipinski definition) is 6. The molecule has 1 unspecified atom stereocenters. The molecular formula is C11H17N3O5S. The van der Waals surface area contributed by atoms with Gasteiger partial charge in [0.1, 0.15) is 17.2 Å². The van der Waals surface area contributed by atoms with Crippen LogP contribution in [0.25, 0.3) is 0 Å². The second-order valence-electron chi connectivity index (χ2n) is 4.71. The van der Waals surface area contributed by atoms with Crippen molar-refractivity contribution in [1.29, 1.82) is 0 Å². The van der Waals surface area contributed by atoms with Gasteiger partial charge in [0.25, 0.3) is 0 Å². The van der Waals surface area contributed by atoms with Crippen LogP contribution in [0.4, 0.5) is 0 Å². The lowest BCUT2D eigenvalue weighted by Crippen LogP contribution is -2.48. The number of sulfonamides is 1. The lowest BCUT2D eigenvalue weighted by atomic mass is 10.3. The monoisotopic (exact) mass is 303 g/mol. The summed E-state index contributed by atoms with van der Waals surface area (Å²) in [6, 6.07) is 0. The molecule has 112 valence electrons. The molecule has 2 heterocycles. The number of rotatable bonds is 4. The molecular weight excluding hydrogens is 286 g/mol. The van der Waals surface area contributed by atoms with Crippen LogP contribution < -0.4 is 4.72 Å². The van der Waals surface area contributed by atoms with Gasteiger partial charge in [-0.25, -0.2) is 13.1 Å². The molecule has 0 radical (unpaired) electrons. The summed E-state index contributed by atoms with van der Waals surface area (Å²) in [4.78, 5) is 12.8. The van der Waals surface area contributed by atoms with Crippen LogP contribution in [0, 0.1) is 13.8 Å². The predicted molar refractivity (Wildman–Crippen MR) is 68.5 cm³/mol. The van der Waals surface area contributed by atoms with E-state index >= 15 is 0 Å². The SMILES string of the molecule is Cc1noc(C)c1S(=O)(=O)NCC1CN(C)C(=O)CO1. The molecule has 9 heteroatoms. The van der Waals surface area contributed by atoms with Crippen LogP contribution in [0.3, 0.4) is 0 Å². The quantitative estimate of drug-likeness (QED) is 0.799. The van der Waals surface area contributed by atoms with E-state index in [2.05, 4.69) is 9.88 Å². The lowest BCUT2D eigenvalue weighted by Gasteiger charge is -2.29. The Balaban J connectivity index is 2.02. The number of likely N-dealkylation sites (N-methyl/N-ethyl adjacent to an activating group) is 1. The van der Waals surface area contributed by atoms with E-state index in [-0.39, 0.29) is 35.8 Å². The van der Waals surface area contributed by atoms with Crippen LogP contribution in [0.5, 0.6) is 0 Å². The highest BCUT2D eigenvalue weighted by Crippen LogP contribution is 2.18. The second kappa shape index (κ2) is 5.51. The number of morpholine rings is 1. The molecule has 1 aliphatic rings. The fourth-order valence-corrected chi connectivity index (χ4v) is 3.41. The van der Waals surface area contributed by atoms with E-state index in [1.54, 1.807) is 14.0 Å². The van der Waals surface area contributed by atoms with Crippen LogP contribution in [-0.2, 0) is 19.6 Å². The normalized spacial score (nSPS) is 20.4. The summed E-state index contributed by atoms with van der Waals surface area (Å²) in [5, 5.41) is 3.62. The van der Waals surface area contributed by atoms with Crippen molar-refractivity contribution in [2.75, 3.05) is 26.7 Å². The number of hydrogen-bond donors (Lipinski definition) is 1.